The van der Waals surface area contributed by atoms with Gasteiger partial charge in [0.1, 0.15) is 0 Å². The van der Waals surface area contributed by atoms with E-state index in [9.17, 15) is 4.79 Å². The van der Waals surface area contributed by atoms with Crippen molar-refractivity contribution in [2.75, 3.05) is 18.4 Å². The number of urea groups is 1. The summed E-state index contributed by atoms with van der Waals surface area (Å²) in [4.78, 5) is 19.1. The summed E-state index contributed by atoms with van der Waals surface area (Å²) in [7, 11) is 0. The van der Waals surface area contributed by atoms with Crippen LogP contribution in [0.25, 0.3) is 10.6 Å². The van der Waals surface area contributed by atoms with Crippen molar-refractivity contribution in [1.29, 1.82) is 0 Å². The average molecular weight is 281 g/mol. The van der Waals surface area contributed by atoms with E-state index in [1.807, 2.05) is 36.7 Å². The molecule has 96 valence electrons. The van der Waals surface area contributed by atoms with Crippen molar-refractivity contribution in [2.45, 2.75) is 13.8 Å². The molecular weight excluding hydrogens is 266 g/mol. The van der Waals surface area contributed by atoms with Crippen LogP contribution in [0.2, 0.25) is 0 Å². The molecule has 18 heavy (non-hydrogen) atoms. The Hall–Kier alpha value is -1.40. The van der Waals surface area contributed by atoms with Crippen molar-refractivity contribution in [2.24, 2.45) is 0 Å². The van der Waals surface area contributed by atoms with Crippen molar-refractivity contribution in [1.82, 2.24) is 9.88 Å². The molecule has 0 aliphatic rings. The molecule has 0 fully saturated rings. The minimum Gasteiger partial charge on any atom is -0.325 e. The van der Waals surface area contributed by atoms with Crippen LogP contribution in [0, 0.1) is 0 Å². The molecule has 0 saturated heterocycles. The number of thiophene rings is 1. The molecule has 2 heterocycles. The maximum atomic E-state index is 11.9. The quantitative estimate of drug-likeness (QED) is 0.927. The molecule has 0 aromatic carbocycles. The Morgan fingerprint density at radius 2 is 2.17 bits per heavy atom. The molecule has 0 saturated carbocycles. The molecule has 0 radical (unpaired) electrons. The van der Waals surface area contributed by atoms with Gasteiger partial charge in [-0.05, 0) is 25.3 Å². The topological polar surface area (TPSA) is 45.2 Å². The summed E-state index contributed by atoms with van der Waals surface area (Å²) in [5.74, 6) is 0. The van der Waals surface area contributed by atoms with E-state index in [1.165, 1.54) is 11.3 Å². The molecule has 2 aromatic rings. The van der Waals surface area contributed by atoms with Crippen molar-refractivity contribution < 1.29 is 4.79 Å². The van der Waals surface area contributed by atoms with E-state index in [0.717, 1.165) is 10.6 Å². The predicted octanol–water partition coefficient (Wildman–Crippen LogP) is 3.75. The monoisotopic (exact) mass is 281 g/mol. The van der Waals surface area contributed by atoms with E-state index < -0.39 is 0 Å². The Labute approximate surface area is 114 Å². The van der Waals surface area contributed by atoms with Crippen LogP contribution in [0.1, 0.15) is 13.8 Å². The van der Waals surface area contributed by atoms with Crippen molar-refractivity contribution in [3.05, 3.63) is 22.9 Å². The largest absolute Gasteiger partial charge is 0.325 e. The molecule has 0 aliphatic heterocycles. The van der Waals surface area contributed by atoms with Gasteiger partial charge in [0.15, 0.2) is 5.13 Å². The number of carbonyl (C=O) groups is 1. The van der Waals surface area contributed by atoms with Gasteiger partial charge >= 0.3 is 6.03 Å². The van der Waals surface area contributed by atoms with E-state index in [2.05, 4.69) is 10.3 Å². The first-order chi connectivity index (χ1) is 8.74. The fraction of sp³-hybridized carbons (Fsp3) is 0.333. The van der Waals surface area contributed by atoms with Gasteiger partial charge in [-0.15, -0.1) is 22.7 Å². The number of carbonyl (C=O) groups excluding carboxylic acids is 1. The van der Waals surface area contributed by atoms with Gasteiger partial charge in [0.2, 0.25) is 0 Å². The van der Waals surface area contributed by atoms with E-state index in [4.69, 9.17) is 0 Å². The van der Waals surface area contributed by atoms with Crippen LogP contribution in [-0.4, -0.2) is 29.0 Å². The average Bonchev–Trinajstić information content (AvgIpc) is 3.00. The number of thiazole rings is 1. The molecule has 2 aromatic heterocycles. The van der Waals surface area contributed by atoms with Gasteiger partial charge in [0.05, 0.1) is 10.6 Å². The van der Waals surface area contributed by atoms with Gasteiger partial charge < -0.3 is 4.90 Å². The van der Waals surface area contributed by atoms with E-state index in [-0.39, 0.29) is 6.03 Å². The van der Waals surface area contributed by atoms with E-state index in [0.29, 0.717) is 18.2 Å². The minimum atomic E-state index is -0.0907. The molecule has 0 unspecified atom stereocenters. The maximum absolute atomic E-state index is 11.9. The highest BCUT2D eigenvalue weighted by Gasteiger charge is 2.12. The van der Waals surface area contributed by atoms with E-state index >= 15 is 0 Å². The van der Waals surface area contributed by atoms with Crippen molar-refractivity contribution in [3.63, 3.8) is 0 Å². The van der Waals surface area contributed by atoms with Crippen molar-refractivity contribution >= 4 is 33.8 Å². The van der Waals surface area contributed by atoms with Crippen LogP contribution >= 0.6 is 22.7 Å². The first-order valence-corrected chi connectivity index (χ1v) is 7.55. The second kappa shape index (κ2) is 5.97. The number of aromatic nitrogens is 1. The third-order valence-corrected chi connectivity index (χ3v) is 4.19. The Kier molecular flexibility index (Phi) is 4.33. The van der Waals surface area contributed by atoms with Gasteiger partial charge in [-0.2, -0.15) is 0 Å². The summed E-state index contributed by atoms with van der Waals surface area (Å²) >= 11 is 3.10. The smallest absolute Gasteiger partial charge is 0.323 e. The van der Waals surface area contributed by atoms with Gasteiger partial charge in [-0.1, -0.05) is 6.07 Å². The molecule has 4 nitrogen and oxygen atoms in total. The second-order valence-corrected chi connectivity index (χ2v) is 5.42. The maximum Gasteiger partial charge on any atom is 0.323 e. The zero-order chi connectivity index (χ0) is 13.0. The fourth-order valence-corrected chi connectivity index (χ4v) is 3.01. The van der Waals surface area contributed by atoms with Crippen LogP contribution < -0.4 is 5.32 Å². The number of anilines is 1. The standard InChI is InChI=1S/C12H15N3OS2/c1-3-15(4-2)12(16)14-11-13-9(8-18-11)10-6-5-7-17-10/h5-8H,3-4H2,1-2H3,(H,13,14,16). The Morgan fingerprint density at radius 1 is 1.39 bits per heavy atom. The van der Waals surface area contributed by atoms with Gasteiger partial charge in [-0.3, -0.25) is 5.32 Å². The lowest BCUT2D eigenvalue weighted by atomic mass is 10.4. The SMILES string of the molecule is CCN(CC)C(=O)Nc1nc(-c2cccs2)cs1. The minimum absolute atomic E-state index is 0.0907. The molecular formula is C12H15N3OS2. The van der Waals surface area contributed by atoms with Crippen LogP contribution in [0.3, 0.4) is 0 Å². The Balaban J connectivity index is 2.05. The summed E-state index contributed by atoms with van der Waals surface area (Å²) in [5, 5.41) is 7.45. The highest BCUT2D eigenvalue weighted by molar-refractivity contribution is 7.16. The summed E-state index contributed by atoms with van der Waals surface area (Å²) in [6, 6.07) is 3.93. The lowest BCUT2D eigenvalue weighted by Gasteiger charge is -2.17. The second-order valence-electron chi connectivity index (χ2n) is 3.62. The number of hydrogen-bond donors (Lipinski definition) is 1. The molecule has 2 rings (SSSR count). The zero-order valence-corrected chi connectivity index (χ0v) is 12.0. The van der Waals surface area contributed by atoms with Gasteiger partial charge in [-0.25, -0.2) is 9.78 Å². The molecule has 6 heteroatoms. The third kappa shape index (κ3) is 2.88. The number of rotatable bonds is 4. The molecule has 0 spiro atoms. The highest BCUT2D eigenvalue weighted by atomic mass is 32.1. The first kappa shape index (κ1) is 13.0. The normalized spacial score (nSPS) is 10.3. The van der Waals surface area contributed by atoms with Crippen molar-refractivity contribution in [3.8, 4) is 10.6 Å². The lowest BCUT2D eigenvalue weighted by molar-refractivity contribution is 0.217. The number of amides is 2. The molecule has 0 atom stereocenters. The molecule has 2 amide bonds. The summed E-state index contributed by atoms with van der Waals surface area (Å²) < 4.78 is 0. The van der Waals surface area contributed by atoms with Gasteiger partial charge in [0.25, 0.3) is 0 Å². The van der Waals surface area contributed by atoms with Crippen LogP contribution in [0.15, 0.2) is 22.9 Å². The Morgan fingerprint density at radius 3 is 2.78 bits per heavy atom. The van der Waals surface area contributed by atoms with Crippen LogP contribution in [0.5, 0.6) is 0 Å². The Bertz CT molecular complexity index is 503. The highest BCUT2D eigenvalue weighted by Crippen LogP contribution is 2.28. The summed E-state index contributed by atoms with van der Waals surface area (Å²) in [6.07, 6.45) is 0. The number of hydrogen-bond acceptors (Lipinski definition) is 4. The van der Waals surface area contributed by atoms with Crippen LogP contribution in [-0.2, 0) is 0 Å². The fourth-order valence-electron chi connectivity index (χ4n) is 1.55. The van der Waals surface area contributed by atoms with Crippen LogP contribution in [0.4, 0.5) is 9.93 Å². The third-order valence-electron chi connectivity index (χ3n) is 2.54. The first-order valence-electron chi connectivity index (χ1n) is 5.80. The van der Waals surface area contributed by atoms with Gasteiger partial charge in [0, 0.05) is 18.5 Å². The van der Waals surface area contributed by atoms with E-state index in [1.54, 1.807) is 16.2 Å². The summed E-state index contributed by atoms with van der Waals surface area (Å²) in [6.45, 7) is 5.32. The number of nitrogens with one attached hydrogen (secondary N) is 1. The molecule has 0 aliphatic carbocycles. The summed E-state index contributed by atoms with van der Waals surface area (Å²) in [5.41, 5.74) is 0.921. The molecule has 0 bridgehead atoms. The predicted molar refractivity (Wildman–Crippen MR) is 77.4 cm³/mol. The molecule has 1 N–H and O–H groups in total. The zero-order valence-electron chi connectivity index (χ0n) is 10.3. The lowest BCUT2D eigenvalue weighted by Crippen LogP contribution is -2.34. The number of nitrogens with zero attached hydrogens (tertiary/aromatic N) is 2.